The molecule has 0 radical (unpaired) electrons. The number of nitrogens with zero attached hydrogens (tertiary/aromatic N) is 4. The largest absolute Gasteiger partial charge is 0.438 e. The van der Waals surface area contributed by atoms with E-state index in [1.807, 2.05) is 35.2 Å². The van der Waals surface area contributed by atoms with Crippen molar-refractivity contribution in [2.75, 3.05) is 43.1 Å². The average Bonchev–Trinajstić information content (AvgIpc) is 2.87. The van der Waals surface area contributed by atoms with Crippen molar-refractivity contribution in [1.29, 1.82) is 0 Å². The SMILES string of the molecule is O=C(Nc1ccccc1)N1CCc2nc(N3CCOCC3)nc(Oc3ccc(F)c(F)c3)c2C1. The molecule has 0 saturated carbocycles. The van der Waals surface area contributed by atoms with Gasteiger partial charge in [0.1, 0.15) is 5.75 Å². The van der Waals surface area contributed by atoms with E-state index < -0.39 is 11.6 Å². The van der Waals surface area contributed by atoms with Crippen molar-refractivity contribution in [1.82, 2.24) is 14.9 Å². The summed E-state index contributed by atoms with van der Waals surface area (Å²) in [5.74, 6) is -1.16. The van der Waals surface area contributed by atoms with Crippen LogP contribution in [0.25, 0.3) is 0 Å². The van der Waals surface area contributed by atoms with E-state index in [2.05, 4.69) is 10.3 Å². The number of hydrogen-bond donors (Lipinski definition) is 1. The summed E-state index contributed by atoms with van der Waals surface area (Å²) >= 11 is 0. The Bertz CT molecular complexity index is 1190. The number of halogens is 2. The number of nitrogens with one attached hydrogen (secondary N) is 1. The van der Waals surface area contributed by atoms with Gasteiger partial charge < -0.3 is 24.6 Å². The molecule has 2 aromatic carbocycles. The minimum atomic E-state index is -1.02. The molecular formula is C24H23F2N5O3. The van der Waals surface area contributed by atoms with Gasteiger partial charge in [-0.15, -0.1) is 0 Å². The number of carbonyl (C=O) groups excluding carboxylic acids is 1. The number of anilines is 2. The van der Waals surface area contributed by atoms with Crippen molar-refractivity contribution >= 4 is 17.7 Å². The molecule has 0 bridgehead atoms. The molecule has 1 fully saturated rings. The highest BCUT2D eigenvalue weighted by Crippen LogP contribution is 2.32. The molecule has 2 aliphatic heterocycles. The highest BCUT2D eigenvalue weighted by atomic mass is 19.2. The number of aromatic nitrogens is 2. The zero-order chi connectivity index (χ0) is 23.5. The number of ether oxygens (including phenoxy) is 2. The monoisotopic (exact) mass is 467 g/mol. The third-order valence-electron chi connectivity index (χ3n) is 5.72. The molecule has 3 aromatic rings. The number of para-hydroxylation sites is 1. The van der Waals surface area contributed by atoms with Crippen LogP contribution in [0, 0.1) is 11.6 Å². The molecule has 1 N–H and O–H groups in total. The summed E-state index contributed by atoms with van der Waals surface area (Å²) < 4.78 is 38.5. The van der Waals surface area contributed by atoms with Crippen LogP contribution in [0.3, 0.4) is 0 Å². The van der Waals surface area contributed by atoms with Gasteiger partial charge in [0, 0.05) is 37.8 Å². The second kappa shape index (κ2) is 9.60. The third-order valence-corrected chi connectivity index (χ3v) is 5.72. The summed E-state index contributed by atoms with van der Waals surface area (Å²) in [5, 5.41) is 2.88. The zero-order valence-electron chi connectivity index (χ0n) is 18.3. The Kier molecular flexibility index (Phi) is 6.22. The van der Waals surface area contributed by atoms with E-state index in [1.165, 1.54) is 6.07 Å². The molecule has 2 amide bonds. The van der Waals surface area contributed by atoms with Gasteiger partial charge in [-0.2, -0.15) is 4.98 Å². The first-order valence-electron chi connectivity index (χ1n) is 11.0. The average molecular weight is 467 g/mol. The fourth-order valence-electron chi connectivity index (χ4n) is 3.91. The molecule has 2 aliphatic rings. The Morgan fingerprint density at radius 1 is 1.00 bits per heavy atom. The third kappa shape index (κ3) is 4.76. The number of amides is 2. The minimum absolute atomic E-state index is 0.110. The van der Waals surface area contributed by atoms with Crippen molar-refractivity contribution < 1.29 is 23.0 Å². The van der Waals surface area contributed by atoms with Crippen LogP contribution >= 0.6 is 0 Å². The first-order valence-corrected chi connectivity index (χ1v) is 11.0. The number of rotatable bonds is 4. The van der Waals surface area contributed by atoms with Crippen molar-refractivity contribution in [3.05, 3.63) is 71.4 Å². The van der Waals surface area contributed by atoms with E-state index in [0.29, 0.717) is 56.5 Å². The van der Waals surface area contributed by atoms with Crippen LogP contribution in [0.5, 0.6) is 11.6 Å². The lowest BCUT2D eigenvalue weighted by molar-refractivity contribution is 0.122. The lowest BCUT2D eigenvalue weighted by Crippen LogP contribution is -2.41. The first-order chi connectivity index (χ1) is 16.6. The van der Waals surface area contributed by atoms with Crippen LogP contribution in [0.1, 0.15) is 11.3 Å². The van der Waals surface area contributed by atoms with Crippen LogP contribution in [-0.4, -0.2) is 53.7 Å². The van der Waals surface area contributed by atoms with E-state index >= 15 is 0 Å². The maximum Gasteiger partial charge on any atom is 0.322 e. The summed E-state index contributed by atoms with van der Waals surface area (Å²) in [6, 6.07) is 12.2. The summed E-state index contributed by atoms with van der Waals surface area (Å²) in [6.45, 7) is 3.08. The van der Waals surface area contributed by atoms with E-state index in [9.17, 15) is 13.6 Å². The van der Waals surface area contributed by atoms with Crippen LogP contribution in [-0.2, 0) is 17.7 Å². The number of hydrogen-bond acceptors (Lipinski definition) is 6. The summed E-state index contributed by atoms with van der Waals surface area (Å²) in [7, 11) is 0. The second-order valence-corrected chi connectivity index (χ2v) is 8.00. The van der Waals surface area contributed by atoms with Crippen molar-refractivity contribution in [2.45, 2.75) is 13.0 Å². The smallest absolute Gasteiger partial charge is 0.322 e. The first kappa shape index (κ1) is 22.0. The van der Waals surface area contributed by atoms with Gasteiger partial charge in [0.2, 0.25) is 11.8 Å². The zero-order valence-corrected chi connectivity index (χ0v) is 18.3. The predicted molar refractivity (Wildman–Crippen MR) is 121 cm³/mol. The van der Waals surface area contributed by atoms with E-state index in [1.54, 1.807) is 4.90 Å². The van der Waals surface area contributed by atoms with Gasteiger partial charge in [0.15, 0.2) is 11.6 Å². The Morgan fingerprint density at radius 2 is 1.79 bits per heavy atom. The topological polar surface area (TPSA) is 79.8 Å². The second-order valence-electron chi connectivity index (χ2n) is 8.00. The molecule has 0 aliphatic carbocycles. The molecule has 176 valence electrons. The van der Waals surface area contributed by atoms with Gasteiger partial charge in [-0.25, -0.2) is 18.6 Å². The van der Waals surface area contributed by atoms with Gasteiger partial charge in [-0.1, -0.05) is 18.2 Å². The Hall–Kier alpha value is -3.79. The molecule has 0 spiro atoms. The molecular weight excluding hydrogens is 444 g/mol. The van der Waals surface area contributed by atoms with Crippen LogP contribution in [0.15, 0.2) is 48.5 Å². The Labute approximate surface area is 195 Å². The molecule has 10 heteroatoms. The quantitative estimate of drug-likeness (QED) is 0.626. The van der Waals surface area contributed by atoms with Gasteiger partial charge in [0.05, 0.1) is 31.0 Å². The molecule has 0 atom stereocenters. The van der Waals surface area contributed by atoms with Crippen molar-refractivity contribution in [3.63, 3.8) is 0 Å². The standard InChI is InChI=1S/C24H23F2N5O3/c25-19-7-6-17(14-20(19)26)34-22-18-15-31(24(32)27-16-4-2-1-3-5-16)9-8-21(18)28-23(29-22)30-10-12-33-13-11-30/h1-7,14H,8-13,15H2,(H,27,32). The summed E-state index contributed by atoms with van der Waals surface area (Å²) in [4.78, 5) is 25.8. The van der Waals surface area contributed by atoms with Crippen molar-refractivity contribution in [3.8, 4) is 11.6 Å². The van der Waals surface area contributed by atoms with Crippen LogP contribution in [0.4, 0.5) is 25.2 Å². The molecule has 3 heterocycles. The molecule has 8 nitrogen and oxygen atoms in total. The van der Waals surface area contributed by atoms with E-state index in [0.717, 1.165) is 17.8 Å². The Morgan fingerprint density at radius 3 is 2.56 bits per heavy atom. The van der Waals surface area contributed by atoms with Crippen LogP contribution in [0.2, 0.25) is 0 Å². The molecule has 1 saturated heterocycles. The lowest BCUT2D eigenvalue weighted by atomic mass is 10.1. The van der Waals surface area contributed by atoms with Gasteiger partial charge >= 0.3 is 6.03 Å². The Balaban J connectivity index is 1.44. The van der Waals surface area contributed by atoms with Gasteiger partial charge in [-0.05, 0) is 24.3 Å². The fourth-order valence-corrected chi connectivity index (χ4v) is 3.91. The highest BCUT2D eigenvalue weighted by molar-refractivity contribution is 5.89. The minimum Gasteiger partial charge on any atom is -0.438 e. The predicted octanol–water partition coefficient (Wildman–Crippen LogP) is 3.97. The molecule has 0 unspecified atom stereocenters. The molecule has 1 aromatic heterocycles. The maximum atomic E-state index is 13.8. The van der Waals surface area contributed by atoms with Crippen LogP contribution < -0.4 is 15.0 Å². The fraction of sp³-hybridized carbons (Fsp3) is 0.292. The van der Waals surface area contributed by atoms with Gasteiger partial charge in [-0.3, -0.25) is 0 Å². The maximum absolute atomic E-state index is 13.8. The highest BCUT2D eigenvalue weighted by Gasteiger charge is 2.28. The molecule has 5 rings (SSSR count). The molecule has 34 heavy (non-hydrogen) atoms. The number of benzene rings is 2. The summed E-state index contributed by atoms with van der Waals surface area (Å²) in [5.41, 5.74) is 2.09. The summed E-state index contributed by atoms with van der Waals surface area (Å²) in [6.07, 6.45) is 0.505. The number of urea groups is 1. The van der Waals surface area contributed by atoms with E-state index in [4.69, 9.17) is 14.5 Å². The number of fused-ring (bicyclic) bond motifs is 1. The number of morpholine rings is 1. The van der Waals surface area contributed by atoms with Gasteiger partial charge in [0.25, 0.3) is 0 Å². The number of carbonyl (C=O) groups is 1. The van der Waals surface area contributed by atoms with E-state index in [-0.39, 0.29) is 24.2 Å². The van der Waals surface area contributed by atoms with Crippen molar-refractivity contribution in [2.24, 2.45) is 0 Å². The normalized spacial score (nSPS) is 15.6. The lowest BCUT2D eigenvalue weighted by Gasteiger charge is -2.32.